The fraction of sp³-hybridized carbons (Fsp3) is 0.286. The van der Waals surface area contributed by atoms with Gasteiger partial charge in [-0.3, -0.25) is 0 Å². The highest BCUT2D eigenvalue weighted by atomic mass is 127. The van der Waals surface area contributed by atoms with Crippen LogP contribution in [0.25, 0.3) is 10.8 Å². The third-order valence-corrected chi connectivity index (χ3v) is 2.82. The molecule has 0 spiro atoms. The van der Waals surface area contributed by atoms with Crippen molar-refractivity contribution in [3.63, 3.8) is 0 Å². The summed E-state index contributed by atoms with van der Waals surface area (Å²) in [6.07, 6.45) is 1.12. The summed E-state index contributed by atoms with van der Waals surface area (Å²) >= 11 is 2.50. The molecule has 0 fully saturated rings. The number of benzene rings is 2. The summed E-state index contributed by atoms with van der Waals surface area (Å²) in [7, 11) is 0. The zero-order chi connectivity index (χ0) is 10.9. The van der Waals surface area contributed by atoms with Crippen LogP contribution in [0.3, 0.4) is 0 Å². The molecule has 2 aromatic rings. The number of hydrogen-bond donors (Lipinski definition) is 0. The smallest absolute Gasteiger partial charge is 0.0206 e. The first-order chi connectivity index (χ1) is 7.04. The molecule has 0 unspecified atom stereocenters. The van der Waals surface area contributed by atoms with E-state index in [0.717, 1.165) is 6.42 Å². The van der Waals surface area contributed by atoms with E-state index in [9.17, 15) is 0 Å². The highest BCUT2D eigenvalue weighted by Gasteiger charge is 2.13. The van der Waals surface area contributed by atoms with Crippen LogP contribution in [0.1, 0.15) is 19.4 Å². The summed E-state index contributed by atoms with van der Waals surface area (Å²) in [4.78, 5) is 0. The highest BCUT2D eigenvalue weighted by molar-refractivity contribution is 14.1. The Morgan fingerprint density at radius 1 is 1.00 bits per heavy atom. The monoisotopic (exact) mass is 310 g/mol. The molecule has 0 bridgehead atoms. The molecule has 0 aliphatic carbocycles. The van der Waals surface area contributed by atoms with Crippen LogP contribution in [0.4, 0.5) is 0 Å². The predicted molar refractivity (Wildman–Crippen MR) is 75.8 cm³/mol. The average molecular weight is 310 g/mol. The molecular formula is C14H15I. The van der Waals surface area contributed by atoms with Crippen LogP contribution in [-0.4, -0.2) is 3.42 Å². The Kier molecular flexibility index (Phi) is 3.01. The SMILES string of the molecule is CC(C)(I)Cc1ccc2ccccc2c1. The Morgan fingerprint density at radius 3 is 2.33 bits per heavy atom. The molecule has 0 aliphatic rings. The van der Waals surface area contributed by atoms with E-state index in [2.05, 4.69) is 78.9 Å². The van der Waals surface area contributed by atoms with Crippen molar-refractivity contribution in [2.75, 3.05) is 0 Å². The van der Waals surface area contributed by atoms with Gasteiger partial charge < -0.3 is 0 Å². The Balaban J connectivity index is 2.39. The summed E-state index contributed by atoms with van der Waals surface area (Å²) in [5.74, 6) is 0. The van der Waals surface area contributed by atoms with Crippen LogP contribution in [0.15, 0.2) is 42.5 Å². The fourth-order valence-corrected chi connectivity index (χ4v) is 2.27. The summed E-state index contributed by atoms with van der Waals surface area (Å²) in [5, 5.41) is 2.67. The lowest BCUT2D eigenvalue weighted by molar-refractivity contribution is 0.745. The number of alkyl halides is 1. The molecule has 0 atom stereocenters. The van der Waals surface area contributed by atoms with E-state index < -0.39 is 0 Å². The second kappa shape index (κ2) is 4.12. The van der Waals surface area contributed by atoms with Gasteiger partial charge in [0, 0.05) is 3.42 Å². The quantitative estimate of drug-likeness (QED) is 0.562. The molecule has 2 rings (SSSR count). The van der Waals surface area contributed by atoms with Gasteiger partial charge in [-0.05, 0) is 22.8 Å². The molecule has 0 amide bonds. The van der Waals surface area contributed by atoms with Crippen molar-refractivity contribution in [1.29, 1.82) is 0 Å². The summed E-state index contributed by atoms with van der Waals surface area (Å²) in [6, 6.07) is 15.3. The first-order valence-electron chi connectivity index (χ1n) is 5.21. The van der Waals surface area contributed by atoms with Gasteiger partial charge in [-0.2, -0.15) is 0 Å². The minimum Gasteiger partial charge on any atom is -0.0791 e. The molecule has 0 aromatic heterocycles. The first kappa shape index (κ1) is 10.9. The van der Waals surface area contributed by atoms with E-state index in [1.807, 2.05) is 0 Å². The largest absolute Gasteiger partial charge is 0.0791 e. The van der Waals surface area contributed by atoms with E-state index in [0.29, 0.717) is 3.42 Å². The van der Waals surface area contributed by atoms with E-state index in [1.165, 1.54) is 16.3 Å². The maximum absolute atomic E-state index is 2.50. The molecule has 0 saturated heterocycles. The Morgan fingerprint density at radius 2 is 1.67 bits per heavy atom. The van der Waals surface area contributed by atoms with Gasteiger partial charge in [0.15, 0.2) is 0 Å². The fourth-order valence-electron chi connectivity index (χ4n) is 1.83. The zero-order valence-corrected chi connectivity index (χ0v) is 11.3. The van der Waals surface area contributed by atoms with Crippen molar-refractivity contribution >= 4 is 33.4 Å². The van der Waals surface area contributed by atoms with Crippen LogP contribution in [0, 0.1) is 0 Å². The van der Waals surface area contributed by atoms with E-state index >= 15 is 0 Å². The molecule has 0 heterocycles. The number of hydrogen-bond acceptors (Lipinski definition) is 0. The summed E-state index contributed by atoms with van der Waals surface area (Å²) in [6.45, 7) is 4.53. The van der Waals surface area contributed by atoms with Gasteiger partial charge in [0.1, 0.15) is 0 Å². The third kappa shape index (κ3) is 2.94. The van der Waals surface area contributed by atoms with E-state index in [-0.39, 0.29) is 0 Å². The Hall–Kier alpha value is -0.570. The molecule has 15 heavy (non-hydrogen) atoms. The highest BCUT2D eigenvalue weighted by Crippen LogP contribution is 2.24. The van der Waals surface area contributed by atoms with Crippen LogP contribution in [-0.2, 0) is 6.42 Å². The zero-order valence-electron chi connectivity index (χ0n) is 9.13. The van der Waals surface area contributed by atoms with Gasteiger partial charge in [0.25, 0.3) is 0 Å². The van der Waals surface area contributed by atoms with Crippen molar-refractivity contribution < 1.29 is 0 Å². The lowest BCUT2D eigenvalue weighted by Gasteiger charge is -2.16. The van der Waals surface area contributed by atoms with Gasteiger partial charge in [0.2, 0.25) is 0 Å². The van der Waals surface area contributed by atoms with Gasteiger partial charge in [-0.15, -0.1) is 0 Å². The normalized spacial score (nSPS) is 11.9. The second-order valence-corrected chi connectivity index (χ2v) is 7.50. The average Bonchev–Trinajstić information content (AvgIpc) is 2.15. The molecule has 1 heteroatoms. The first-order valence-corrected chi connectivity index (χ1v) is 6.29. The van der Waals surface area contributed by atoms with Crippen molar-refractivity contribution in [1.82, 2.24) is 0 Å². The maximum atomic E-state index is 2.50. The number of rotatable bonds is 2. The molecule has 0 radical (unpaired) electrons. The molecule has 2 aromatic carbocycles. The molecule has 0 nitrogen and oxygen atoms in total. The van der Waals surface area contributed by atoms with Crippen molar-refractivity contribution in [2.24, 2.45) is 0 Å². The van der Waals surface area contributed by atoms with Gasteiger partial charge in [-0.1, -0.05) is 78.9 Å². The molecule has 0 N–H and O–H groups in total. The van der Waals surface area contributed by atoms with E-state index in [1.54, 1.807) is 0 Å². The van der Waals surface area contributed by atoms with Crippen LogP contribution in [0.5, 0.6) is 0 Å². The summed E-state index contributed by atoms with van der Waals surface area (Å²) < 4.78 is 0.334. The summed E-state index contributed by atoms with van der Waals surface area (Å²) in [5.41, 5.74) is 1.42. The van der Waals surface area contributed by atoms with Crippen LogP contribution in [0.2, 0.25) is 0 Å². The lowest BCUT2D eigenvalue weighted by atomic mass is 10.00. The predicted octanol–water partition coefficient (Wildman–Crippen LogP) is 4.60. The van der Waals surface area contributed by atoms with Crippen molar-refractivity contribution in [2.45, 2.75) is 23.7 Å². The van der Waals surface area contributed by atoms with Crippen LogP contribution < -0.4 is 0 Å². The molecule has 78 valence electrons. The third-order valence-electron chi connectivity index (χ3n) is 2.44. The molecule has 0 aliphatic heterocycles. The minimum absolute atomic E-state index is 0.334. The van der Waals surface area contributed by atoms with Gasteiger partial charge >= 0.3 is 0 Å². The minimum atomic E-state index is 0.334. The standard InChI is InChI=1S/C14H15I/c1-14(2,15)10-11-7-8-12-5-3-4-6-13(12)9-11/h3-9H,10H2,1-2H3. The lowest BCUT2D eigenvalue weighted by Crippen LogP contribution is -2.12. The Bertz CT molecular complexity index is 466. The molecular weight excluding hydrogens is 295 g/mol. The topological polar surface area (TPSA) is 0 Å². The van der Waals surface area contributed by atoms with Crippen molar-refractivity contribution in [3.8, 4) is 0 Å². The molecule has 0 saturated carbocycles. The number of halogens is 1. The van der Waals surface area contributed by atoms with E-state index in [4.69, 9.17) is 0 Å². The van der Waals surface area contributed by atoms with Gasteiger partial charge in [0.05, 0.1) is 0 Å². The van der Waals surface area contributed by atoms with Crippen molar-refractivity contribution in [3.05, 3.63) is 48.0 Å². The number of fused-ring (bicyclic) bond motifs is 1. The second-order valence-electron chi connectivity index (χ2n) is 4.58. The van der Waals surface area contributed by atoms with Crippen LogP contribution >= 0.6 is 22.6 Å². The van der Waals surface area contributed by atoms with Gasteiger partial charge in [-0.25, -0.2) is 0 Å². The maximum Gasteiger partial charge on any atom is 0.0206 e. The Labute approximate surface area is 105 Å².